The summed E-state index contributed by atoms with van der Waals surface area (Å²) in [6.45, 7) is 5.36. The van der Waals surface area contributed by atoms with Gasteiger partial charge in [-0.05, 0) is 41.0 Å². The molecule has 1 fully saturated rings. The van der Waals surface area contributed by atoms with Gasteiger partial charge in [-0.25, -0.2) is 0 Å². The Morgan fingerprint density at radius 1 is 1.30 bits per heavy atom. The molecule has 0 aromatic heterocycles. The van der Waals surface area contributed by atoms with E-state index in [0.29, 0.717) is 12.1 Å². The van der Waals surface area contributed by atoms with Crippen molar-refractivity contribution in [3.05, 3.63) is 34.3 Å². The Bertz CT molecular complexity index is 425. The molecule has 1 aromatic rings. The lowest BCUT2D eigenvalue weighted by atomic mass is 10.2. The molecule has 1 saturated heterocycles. The summed E-state index contributed by atoms with van der Waals surface area (Å²) in [4.78, 5) is 14.3. The molecule has 20 heavy (non-hydrogen) atoms. The van der Waals surface area contributed by atoms with E-state index in [1.54, 1.807) is 0 Å². The molecule has 0 saturated carbocycles. The molecule has 0 aliphatic carbocycles. The van der Waals surface area contributed by atoms with Crippen LogP contribution in [0.1, 0.15) is 16.8 Å². The summed E-state index contributed by atoms with van der Waals surface area (Å²) in [5.74, 6) is -0.0190. The largest absolute Gasteiger partial charge is 0.379 e. The molecule has 1 amide bonds. The fourth-order valence-electron chi connectivity index (χ4n) is 2.07. The molecule has 4 nitrogen and oxygen atoms in total. The van der Waals surface area contributed by atoms with Crippen LogP contribution in [-0.2, 0) is 4.74 Å². The summed E-state index contributed by atoms with van der Waals surface area (Å²) in [5.41, 5.74) is 0.689. The Labute approximate surface area is 134 Å². The smallest absolute Gasteiger partial charge is 0.252 e. The minimum atomic E-state index is -0.0190. The van der Waals surface area contributed by atoms with Crippen molar-refractivity contribution in [3.63, 3.8) is 0 Å². The van der Waals surface area contributed by atoms with Gasteiger partial charge in [-0.3, -0.25) is 9.69 Å². The van der Waals surface area contributed by atoms with Crippen LogP contribution >= 0.6 is 28.3 Å². The molecule has 0 bridgehead atoms. The Hall–Kier alpha value is -0.620. The zero-order valence-electron chi connectivity index (χ0n) is 11.3. The highest BCUT2D eigenvalue weighted by atomic mass is 79.9. The van der Waals surface area contributed by atoms with Crippen LogP contribution in [0.2, 0.25) is 0 Å². The molecule has 6 heteroatoms. The average Bonchev–Trinajstić information content (AvgIpc) is 2.45. The molecule has 0 radical (unpaired) electrons. The van der Waals surface area contributed by atoms with E-state index in [1.807, 2.05) is 24.3 Å². The number of ether oxygens (including phenoxy) is 1. The Morgan fingerprint density at radius 3 is 2.70 bits per heavy atom. The molecular weight excluding hydrogens is 344 g/mol. The number of hydrogen-bond donors (Lipinski definition) is 1. The molecule has 1 aromatic carbocycles. The third-order valence-electron chi connectivity index (χ3n) is 3.16. The van der Waals surface area contributed by atoms with Gasteiger partial charge in [0.2, 0.25) is 0 Å². The highest BCUT2D eigenvalue weighted by Crippen LogP contribution is 2.15. The zero-order valence-corrected chi connectivity index (χ0v) is 13.7. The van der Waals surface area contributed by atoms with Crippen molar-refractivity contribution in [3.8, 4) is 0 Å². The number of carbonyl (C=O) groups excluding carboxylic acids is 1. The van der Waals surface area contributed by atoms with Gasteiger partial charge in [0, 0.05) is 24.1 Å². The number of hydrogen-bond acceptors (Lipinski definition) is 3. The van der Waals surface area contributed by atoms with Crippen molar-refractivity contribution in [2.75, 3.05) is 39.4 Å². The van der Waals surface area contributed by atoms with Crippen LogP contribution in [0.25, 0.3) is 0 Å². The summed E-state index contributed by atoms with van der Waals surface area (Å²) in [6, 6.07) is 7.47. The number of nitrogens with one attached hydrogen (secondary N) is 1. The quantitative estimate of drug-likeness (QED) is 0.816. The number of amides is 1. The van der Waals surface area contributed by atoms with Gasteiger partial charge in [0.05, 0.1) is 18.8 Å². The molecule has 0 unspecified atom stereocenters. The SMILES string of the molecule is Cl.O=C(NCCCN1CCOCC1)c1ccccc1Br. The van der Waals surface area contributed by atoms with Crippen LogP contribution in [0, 0.1) is 0 Å². The fourth-order valence-corrected chi connectivity index (χ4v) is 2.53. The molecule has 112 valence electrons. The predicted octanol–water partition coefficient (Wildman–Crippen LogP) is 2.32. The van der Waals surface area contributed by atoms with E-state index < -0.39 is 0 Å². The third-order valence-corrected chi connectivity index (χ3v) is 3.85. The van der Waals surface area contributed by atoms with Crippen molar-refractivity contribution in [1.29, 1.82) is 0 Å². The molecule has 1 N–H and O–H groups in total. The number of carbonyl (C=O) groups is 1. The average molecular weight is 364 g/mol. The summed E-state index contributed by atoms with van der Waals surface area (Å²) in [6.07, 6.45) is 0.968. The van der Waals surface area contributed by atoms with Gasteiger partial charge >= 0.3 is 0 Å². The maximum absolute atomic E-state index is 11.9. The van der Waals surface area contributed by atoms with Crippen molar-refractivity contribution in [2.45, 2.75) is 6.42 Å². The highest BCUT2D eigenvalue weighted by Gasteiger charge is 2.11. The minimum Gasteiger partial charge on any atom is -0.379 e. The van der Waals surface area contributed by atoms with Crippen LogP contribution in [0.4, 0.5) is 0 Å². The van der Waals surface area contributed by atoms with Crippen molar-refractivity contribution in [2.24, 2.45) is 0 Å². The first kappa shape index (κ1) is 17.4. The van der Waals surface area contributed by atoms with Crippen molar-refractivity contribution >= 4 is 34.2 Å². The number of halogens is 2. The normalized spacial score (nSPS) is 15.4. The van der Waals surface area contributed by atoms with Gasteiger partial charge < -0.3 is 10.1 Å². The molecule has 1 aliphatic rings. The van der Waals surface area contributed by atoms with Crippen LogP contribution < -0.4 is 5.32 Å². The summed E-state index contributed by atoms with van der Waals surface area (Å²) >= 11 is 3.39. The van der Waals surface area contributed by atoms with Gasteiger partial charge in [-0.1, -0.05) is 12.1 Å². The third kappa shape index (κ3) is 5.40. The van der Waals surface area contributed by atoms with E-state index in [9.17, 15) is 4.79 Å². The first-order valence-electron chi connectivity index (χ1n) is 6.60. The lowest BCUT2D eigenvalue weighted by Gasteiger charge is -2.26. The standard InChI is InChI=1S/C14H19BrN2O2.ClH/c15-13-5-2-1-4-12(13)14(18)16-6-3-7-17-8-10-19-11-9-17;/h1-2,4-5H,3,6-11H2,(H,16,18);1H. The maximum Gasteiger partial charge on any atom is 0.252 e. The van der Waals surface area contributed by atoms with Crippen LogP contribution in [-0.4, -0.2) is 50.2 Å². The van der Waals surface area contributed by atoms with E-state index in [2.05, 4.69) is 26.1 Å². The first-order chi connectivity index (χ1) is 9.27. The molecule has 2 rings (SSSR count). The topological polar surface area (TPSA) is 41.6 Å². The Morgan fingerprint density at radius 2 is 2.00 bits per heavy atom. The minimum absolute atomic E-state index is 0. The van der Waals surface area contributed by atoms with Crippen LogP contribution in [0.3, 0.4) is 0 Å². The van der Waals surface area contributed by atoms with E-state index in [0.717, 1.165) is 43.7 Å². The molecule has 1 aliphatic heterocycles. The van der Waals surface area contributed by atoms with Gasteiger partial charge in [0.25, 0.3) is 5.91 Å². The zero-order chi connectivity index (χ0) is 13.5. The van der Waals surface area contributed by atoms with Crippen LogP contribution in [0.15, 0.2) is 28.7 Å². The Kier molecular flexibility index (Phi) is 8.14. The maximum atomic E-state index is 11.9. The summed E-state index contributed by atoms with van der Waals surface area (Å²) < 4.78 is 6.13. The monoisotopic (exact) mass is 362 g/mol. The van der Waals surface area contributed by atoms with E-state index in [-0.39, 0.29) is 18.3 Å². The first-order valence-corrected chi connectivity index (χ1v) is 7.39. The number of nitrogens with zero attached hydrogens (tertiary/aromatic N) is 1. The van der Waals surface area contributed by atoms with Crippen molar-refractivity contribution < 1.29 is 9.53 Å². The second-order valence-electron chi connectivity index (χ2n) is 4.54. The number of benzene rings is 1. The second kappa shape index (κ2) is 9.34. The van der Waals surface area contributed by atoms with Gasteiger partial charge in [-0.15, -0.1) is 12.4 Å². The van der Waals surface area contributed by atoms with Crippen LogP contribution in [0.5, 0.6) is 0 Å². The van der Waals surface area contributed by atoms with Gasteiger partial charge in [0.15, 0.2) is 0 Å². The molecule has 1 heterocycles. The Balaban J connectivity index is 0.00000200. The number of morpholine rings is 1. The number of rotatable bonds is 5. The fraction of sp³-hybridized carbons (Fsp3) is 0.500. The molecule has 0 spiro atoms. The summed E-state index contributed by atoms with van der Waals surface area (Å²) in [5, 5.41) is 2.95. The molecular formula is C14H20BrClN2O2. The van der Waals surface area contributed by atoms with E-state index >= 15 is 0 Å². The van der Waals surface area contributed by atoms with Gasteiger partial charge in [-0.2, -0.15) is 0 Å². The molecule has 0 atom stereocenters. The van der Waals surface area contributed by atoms with E-state index in [1.165, 1.54) is 0 Å². The second-order valence-corrected chi connectivity index (χ2v) is 5.40. The lowest BCUT2D eigenvalue weighted by Crippen LogP contribution is -2.38. The predicted molar refractivity (Wildman–Crippen MR) is 85.6 cm³/mol. The highest BCUT2D eigenvalue weighted by molar-refractivity contribution is 9.10. The summed E-state index contributed by atoms with van der Waals surface area (Å²) in [7, 11) is 0. The van der Waals surface area contributed by atoms with E-state index in [4.69, 9.17) is 4.74 Å². The van der Waals surface area contributed by atoms with Crippen molar-refractivity contribution in [1.82, 2.24) is 10.2 Å². The van der Waals surface area contributed by atoms with Gasteiger partial charge in [0.1, 0.15) is 0 Å². The lowest BCUT2D eigenvalue weighted by molar-refractivity contribution is 0.0374.